The molecule has 3 atom stereocenters. The Bertz CT molecular complexity index is 1560. The van der Waals surface area contributed by atoms with Gasteiger partial charge in [-0.05, 0) is 87.2 Å². The van der Waals surface area contributed by atoms with E-state index >= 15 is 0 Å². The third-order valence-electron chi connectivity index (χ3n) is 12.2. The number of halogens is 1. The smallest absolute Gasteiger partial charge is 0.322 e. The second kappa shape index (κ2) is 15.0. The van der Waals surface area contributed by atoms with Crippen molar-refractivity contribution in [3.05, 3.63) is 58.1 Å². The summed E-state index contributed by atoms with van der Waals surface area (Å²) in [6, 6.07) is 12.7. The van der Waals surface area contributed by atoms with Gasteiger partial charge < -0.3 is 36.0 Å². The second-order valence-corrected chi connectivity index (χ2v) is 15.4. The number of amides is 5. The maximum atomic E-state index is 14.2. The number of rotatable bonds is 7. The molecular weight excluding hydrogens is 652 g/mol. The van der Waals surface area contributed by atoms with Crippen LogP contribution in [0.5, 0.6) is 0 Å². The zero-order chi connectivity index (χ0) is 34.9. The van der Waals surface area contributed by atoms with E-state index in [1.807, 2.05) is 47.1 Å². The van der Waals surface area contributed by atoms with Gasteiger partial charge in [-0.3, -0.25) is 9.69 Å². The number of likely N-dealkylation sites (tertiary alicyclic amines) is 1. The maximum Gasteiger partial charge on any atom is 0.322 e. The summed E-state index contributed by atoms with van der Waals surface area (Å²) in [7, 11) is 2.27. The fourth-order valence-corrected chi connectivity index (χ4v) is 9.41. The summed E-state index contributed by atoms with van der Waals surface area (Å²) in [5, 5.41) is 6.68. The van der Waals surface area contributed by atoms with Crippen molar-refractivity contribution in [1.29, 1.82) is 0 Å². The monoisotopic (exact) mass is 704 g/mol. The topological polar surface area (TPSA) is 117 Å². The van der Waals surface area contributed by atoms with Gasteiger partial charge in [-0.1, -0.05) is 42.8 Å². The molecule has 5 aliphatic rings. The minimum Gasteiger partial charge on any atom is -0.397 e. The summed E-state index contributed by atoms with van der Waals surface area (Å²) in [5.74, 6) is -0.0527. The molecule has 4 N–H and O–H groups in total. The summed E-state index contributed by atoms with van der Waals surface area (Å²) in [5.41, 5.74) is 10.6. The van der Waals surface area contributed by atoms with Crippen LogP contribution in [0.4, 0.5) is 21.0 Å². The average molecular weight is 705 g/mol. The molecule has 5 amide bonds. The first-order valence-electron chi connectivity index (χ1n) is 18.7. The van der Waals surface area contributed by atoms with Crippen molar-refractivity contribution in [1.82, 2.24) is 29.8 Å². The lowest BCUT2D eigenvalue weighted by Crippen LogP contribution is -2.60. The normalized spacial score (nSPS) is 25.5. The van der Waals surface area contributed by atoms with Gasteiger partial charge in [0.05, 0.1) is 10.7 Å². The number of piperazine rings is 1. The van der Waals surface area contributed by atoms with Gasteiger partial charge in [0.1, 0.15) is 6.04 Å². The highest BCUT2D eigenvalue weighted by molar-refractivity contribution is 6.33. The Morgan fingerprint density at radius 1 is 0.920 bits per heavy atom. The van der Waals surface area contributed by atoms with Crippen molar-refractivity contribution >= 4 is 40.9 Å². The van der Waals surface area contributed by atoms with Crippen LogP contribution in [0.1, 0.15) is 62.1 Å². The highest BCUT2D eigenvalue weighted by Crippen LogP contribution is 2.36. The number of para-hydroxylation sites is 1. The van der Waals surface area contributed by atoms with Crippen molar-refractivity contribution in [2.75, 3.05) is 63.9 Å². The molecule has 0 aliphatic carbocycles. The number of nitrogens with zero attached hydrogens (tertiary/aromatic N) is 5. The number of hydrogen-bond donors (Lipinski definition) is 3. The number of carbonyl (C=O) groups excluding carboxylic acids is 3. The molecule has 270 valence electrons. The predicted octanol–water partition coefficient (Wildman–Crippen LogP) is 4.43. The zero-order valence-corrected chi connectivity index (χ0v) is 30.3. The quantitative estimate of drug-likeness (QED) is 0.368. The average Bonchev–Trinajstić information content (AvgIpc) is 3.27. The first kappa shape index (κ1) is 34.9. The summed E-state index contributed by atoms with van der Waals surface area (Å²) in [6.07, 6.45) is 8.24. The molecule has 0 radical (unpaired) electrons. The van der Waals surface area contributed by atoms with E-state index < -0.39 is 6.04 Å². The van der Waals surface area contributed by atoms with E-state index in [1.165, 1.54) is 25.7 Å². The van der Waals surface area contributed by atoms with Gasteiger partial charge in [-0.15, -0.1) is 0 Å². The van der Waals surface area contributed by atoms with E-state index in [1.54, 1.807) is 4.90 Å². The number of anilines is 2. The first-order chi connectivity index (χ1) is 24.2. The Morgan fingerprint density at radius 3 is 2.32 bits per heavy atom. The van der Waals surface area contributed by atoms with Crippen LogP contribution < -0.4 is 16.4 Å². The molecular formula is C38H53ClN8O3. The number of nitrogens with one attached hydrogen (secondary N) is 2. The number of piperidine rings is 2. The molecule has 4 fully saturated rings. The number of benzene rings is 2. The lowest BCUT2D eigenvalue weighted by Gasteiger charge is -2.45. The fraction of sp³-hybridized carbons (Fsp3) is 0.605. The van der Waals surface area contributed by atoms with E-state index in [0.29, 0.717) is 80.8 Å². The first-order valence-corrected chi connectivity index (χ1v) is 19.1. The molecule has 11 nitrogen and oxygen atoms in total. The number of fused-ring (bicyclic) bond motifs is 3. The molecule has 2 aromatic rings. The molecule has 2 unspecified atom stereocenters. The van der Waals surface area contributed by atoms with Crippen LogP contribution in [0.3, 0.4) is 0 Å². The predicted molar refractivity (Wildman–Crippen MR) is 197 cm³/mol. The van der Waals surface area contributed by atoms with E-state index in [-0.39, 0.29) is 24.0 Å². The zero-order valence-electron chi connectivity index (χ0n) is 29.6. The van der Waals surface area contributed by atoms with Crippen molar-refractivity contribution in [2.24, 2.45) is 0 Å². The fourth-order valence-electron chi connectivity index (χ4n) is 9.15. The Hall–Kier alpha value is -3.54. The maximum absolute atomic E-state index is 14.2. The van der Waals surface area contributed by atoms with Gasteiger partial charge in [0, 0.05) is 82.1 Å². The Labute approximate surface area is 301 Å². The number of nitrogens with two attached hydrogens (primary N) is 1. The minimum atomic E-state index is -0.731. The van der Waals surface area contributed by atoms with Crippen molar-refractivity contribution < 1.29 is 14.4 Å². The van der Waals surface area contributed by atoms with Gasteiger partial charge in [-0.25, -0.2) is 9.59 Å². The third kappa shape index (κ3) is 7.27. The van der Waals surface area contributed by atoms with Crippen LogP contribution in [0.15, 0.2) is 36.4 Å². The standard InChI is InChI=1S/C38H53ClN8O3/c1-3-26-20-25(21-32(39)35(26)40)22-34(36(48)45-18-16-44(17-19-45)31-23-29-8-9-30(24-31)43(29)2)42-37(49)46-13-11-28(12-14-46)47-15-10-27-6-4-5-7-33(27)41-38(47)50/h4-7,20-21,28-31,34H,3,8-19,22-24,40H2,1-2H3,(H,41,50)(H,42,49)/t29?,30?,31?,34-/m1/s1. The largest absolute Gasteiger partial charge is 0.397 e. The van der Waals surface area contributed by atoms with Crippen LogP contribution >= 0.6 is 11.6 Å². The van der Waals surface area contributed by atoms with E-state index in [9.17, 15) is 14.4 Å². The highest BCUT2D eigenvalue weighted by Gasteiger charge is 2.41. The molecule has 50 heavy (non-hydrogen) atoms. The molecule has 0 aromatic heterocycles. The van der Waals surface area contributed by atoms with Gasteiger partial charge in [0.15, 0.2) is 0 Å². The van der Waals surface area contributed by atoms with Crippen LogP contribution in [-0.2, 0) is 24.1 Å². The molecule has 7 rings (SSSR count). The Morgan fingerprint density at radius 2 is 1.62 bits per heavy atom. The molecule has 2 aromatic carbocycles. The van der Waals surface area contributed by atoms with Crippen molar-refractivity contribution in [3.63, 3.8) is 0 Å². The number of nitrogen functional groups attached to an aromatic ring is 1. The molecule has 12 heteroatoms. The minimum absolute atomic E-state index is 0.0474. The Balaban J connectivity index is 0.991. The van der Waals surface area contributed by atoms with E-state index in [2.05, 4.69) is 33.5 Å². The molecule has 4 saturated heterocycles. The van der Waals surface area contributed by atoms with Crippen molar-refractivity contribution in [2.45, 2.75) is 94.9 Å². The summed E-state index contributed by atoms with van der Waals surface area (Å²) in [6.45, 7) is 6.73. The molecule has 2 bridgehead atoms. The van der Waals surface area contributed by atoms with Crippen LogP contribution in [0.2, 0.25) is 5.02 Å². The SMILES string of the molecule is CCc1cc(C[C@@H](NC(=O)N2CCC(N3CCc4ccccc4NC3=O)CC2)C(=O)N2CCN(C3CC4CCC(C3)N4C)CC2)cc(Cl)c1N. The van der Waals surface area contributed by atoms with E-state index in [4.69, 9.17) is 17.3 Å². The molecule has 0 saturated carbocycles. The summed E-state index contributed by atoms with van der Waals surface area (Å²) >= 11 is 6.53. The third-order valence-corrected chi connectivity index (χ3v) is 12.6. The molecule has 5 aliphatic heterocycles. The lowest BCUT2D eigenvalue weighted by atomic mass is 9.95. The number of hydrogen-bond acceptors (Lipinski definition) is 6. The van der Waals surface area contributed by atoms with Gasteiger partial charge in [-0.2, -0.15) is 0 Å². The van der Waals surface area contributed by atoms with Crippen LogP contribution in [-0.4, -0.2) is 126 Å². The van der Waals surface area contributed by atoms with Crippen LogP contribution in [0, 0.1) is 0 Å². The number of urea groups is 2. The van der Waals surface area contributed by atoms with Gasteiger partial charge in [0.25, 0.3) is 0 Å². The number of aryl methyl sites for hydroxylation is 1. The summed E-state index contributed by atoms with van der Waals surface area (Å²) in [4.78, 5) is 52.0. The van der Waals surface area contributed by atoms with Gasteiger partial charge >= 0.3 is 12.1 Å². The molecule has 0 spiro atoms. The van der Waals surface area contributed by atoms with E-state index in [0.717, 1.165) is 48.3 Å². The number of carbonyl (C=O) groups is 3. The van der Waals surface area contributed by atoms with Gasteiger partial charge in [0.2, 0.25) is 5.91 Å². The molecule has 5 heterocycles. The highest BCUT2D eigenvalue weighted by atomic mass is 35.5. The van der Waals surface area contributed by atoms with Crippen LogP contribution in [0.25, 0.3) is 0 Å². The Kier molecular flexibility index (Phi) is 10.5. The second-order valence-electron chi connectivity index (χ2n) is 15.0. The summed E-state index contributed by atoms with van der Waals surface area (Å²) < 4.78 is 0. The lowest BCUT2D eigenvalue weighted by molar-refractivity contribution is -0.135. The van der Waals surface area contributed by atoms with Crippen molar-refractivity contribution in [3.8, 4) is 0 Å².